The quantitative estimate of drug-likeness (QED) is 0.738. The SMILES string of the molecule is CCC1(CC)NC(=O)C2(CCCC2)NC1=O. The van der Waals surface area contributed by atoms with Crippen molar-refractivity contribution in [3.05, 3.63) is 0 Å². The number of nitrogens with one attached hydrogen (secondary N) is 2. The molecule has 0 radical (unpaired) electrons. The van der Waals surface area contributed by atoms with Crippen molar-refractivity contribution in [2.45, 2.75) is 63.5 Å². The van der Waals surface area contributed by atoms with E-state index in [2.05, 4.69) is 10.6 Å². The van der Waals surface area contributed by atoms with Gasteiger partial charge in [-0.15, -0.1) is 0 Å². The summed E-state index contributed by atoms with van der Waals surface area (Å²) in [7, 11) is 0. The summed E-state index contributed by atoms with van der Waals surface area (Å²) in [5.74, 6) is 0.0206. The number of hydrogen-bond acceptors (Lipinski definition) is 2. The molecule has 0 aromatic rings. The minimum absolute atomic E-state index is 0.000926. The minimum atomic E-state index is -0.676. The molecule has 2 fully saturated rings. The van der Waals surface area contributed by atoms with Crippen LogP contribution in [0.15, 0.2) is 0 Å². The Balaban J connectivity index is 2.25. The molecule has 0 aromatic carbocycles. The van der Waals surface area contributed by atoms with Crippen LogP contribution in [-0.2, 0) is 9.59 Å². The second-order valence-electron chi connectivity index (χ2n) is 4.99. The van der Waals surface area contributed by atoms with Crippen molar-refractivity contribution in [1.29, 1.82) is 0 Å². The van der Waals surface area contributed by atoms with Crippen LogP contribution in [-0.4, -0.2) is 22.9 Å². The molecule has 4 heteroatoms. The summed E-state index contributed by atoms with van der Waals surface area (Å²) in [4.78, 5) is 24.3. The Kier molecular flexibility index (Phi) is 2.68. The highest BCUT2D eigenvalue weighted by atomic mass is 16.2. The van der Waals surface area contributed by atoms with Crippen LogP contribution in [0.4, 0.5) is 0 Å². The molecule has 0 atom stereocenters. The molecule has 4 nitrogen and oxygen atoms in total. The van der Waals surface area contributed by atoms with Crippen molar-refractivity contribution in [3.8, 4) is 0 Å². The Bertz CT molecular complexity index is 299. The maximum Gasteiger partial charge on any atom is 0.246 e. The summed E-state index contributed by atoms with van der Waals surface area (Å²) in [5, 5.41) is 5.94. The van der Waals surface area contributed by atoms with E-state index in [9.17, 15) is 9.59 Å². The van der Waals surface area contributed by atoms with Crippen LogP contribution in [0.1, 0.15) is 52.4 Å². The number of piperazine rings is 1. The van der Waals surface area contributed by atoms with Crippen molar-refractivity contribution in [2.75, 3.05) is 0 Å². The molecule has 2 amide bonds. The number of hydrogen-bond donors (Lipinski definition) is 2. The van der Waals surface area contributed by atoms with E-state index in [4.69, 9.17) is 0 Å². The van der Waals surface area contributed by atoms with Gasteiger partial charge in [0.2, 0.25) is 11.8 Å². The van der Waals surface area contributed by atoms with Gasteiger partial charge in [-0.2, -0.15) is 0 Å². The van der Waals surface area contributed by atoms with E-state index >= 15 is 0 Å². The highest BCUT2D eigenvalue weighted by Crippen LogP contribution is 2.34. The topological polar surface area (TPSA) is 58.2 Å². The van der Waals surface area contributed by atoms with Gasteiger partial charge in [-0.25, -0.2) is 0 Å². The van der Waals surface area contributed by atoms with E-state index in [0.29, 0.717) is 12.8 Å². The predicted octanol–water partition coefficient (Wildman–Crippen LogP) is 1.10. The lowest BCUT2D eigenvalue weighted by Crippen LogP contribution is -2.73. The molecule has 0 unspecified atom stereocenters. The molecule has 0 aromatic heterocycles. The molecule has 1 saturated heterocycles. The fourth-order valence-electron chi connectivity index (χ4n) is 2.87. The van der Waals surface area contributed by atoms with Gasteiger partial charge in [-0.1, -0.05) is 26.7 Å². The first-order valence-electron chi connectivity index (χ1n) is 6.24. The van der Waals surface area contributed by atoms with Gasteiger partial charge >= 0.3 is 0 Å². The zero-order valence-corrected chi connectivity index (χ0v) is 10.1. The molecule has 1 spiro atoms. The summed E-state index contributed by atoms with van der Waals surface area (Å²) < 4.78 is 0. The fourth-order valence-corrected chi connectivity index (χ4v) is 2.87. The number of rotatable bonds is 2. The van der Waals surface area contributed by atoms with Crippen LogP contribution in [0, 0.1) is 0 Å². The van der Waals surface area contributed by atoms with Gasteiger partial charge in [-0.05, 0) is 25.7 Å². The van der Waals surface area contributed by atoms with Crippen molar-refractivity contribution < 1.29 is 9.59 Å². The molecular weight excluding hydrogens is 204 g/mol. The van der Waals surface area contributed by atoms with E-state index < -0.39 is 11.1 Å². The van der Waals surface area contributed by atoms with Gasteiger partial charge in [-0.3, -0.25) is 9.59 Å². The first-order chi connectivity index (χ1) is 7.58. The normalized spacial score (nSPS) is 26.6. The lowest BCUT2D eigenvalue weighted by molar-refractivity contribution is -0.146. The van der Waals surface area contributed by atoms with Gasteiger partial charge in [0, 0.05) is 0 Å². The molecule has 2 N–H and O–H groups in total. The summed E-state index contributed by atoms with van der Waals surface area (Å²) >= 11 is 0. The standard InChI is InChI=1S/C12H20N2O2/c1-3-11(4-2)9(15)14-12(10(16)13-11)7-5-6-8-12/h3-8H2,1-2H3,(H,13,16)(H,14,15). The summed E-state index contributed by atoms with van der Waals surface area (Å²) in [6, 6.07) is 0. The van der Waals surface area contributed by atoms with E-state index in [-0.39, 0.29) is 11.8 Å². The highest BCUT2D eigenvalue weighted by Gasteiger charge is 2.52. The monoisotopic (exact) mass is 224 g/mol. The largest absolute Gasteiger partial charge is 0.340 e. The Labute approximate surface area is 96.2 Å². The highest BCUT2D eigenvalue weighted by molar-refractivity contribution is 6.02. The molecule has 90 valence electrons. The van der Waals surface area contributed by atoms with Crippen LogP contribution in [0.25, 0.3) is 0 Å². The third-order valence-electron chi connectivity index (χ3n) is 4.24. The number of carbonyl (C=O) groups excluding carboxylic acids is 2. The molecular formula is C12H20N2O2. The first-order valence-corrected chi connectivity index (χ1v) is 6.24. The van der Waals surface area contributed by atoms with Crippen LogP contribution in [0.3, 0.4) is 0 Å². The Morgan fingerprint density at radius 1 is 1.00 bits per heavy atom. The molecule has 2 aliphatic rings. The predicted molar refractivity (Wildman–Crippen MR) is 60.8 cm³/mol. The third-order valence-corrected chi connectivity index (χ3v) is 4.24. The molecule has 0 bridgehead atoms. The Hall–Kier alpha value is -1.06. The smallest absolute Gasteiger partial charge is 0.246 e. The average molecular weight is 224 g/mol. The average Bonchev–Trinajstić information content (AvgIpc) is 2.74. The van der Waals surface area contributed by atoms with Crippen molar-refractivity contribution >= 4 is 11.8 Å². The molecule has 1 saturated carbocycles. The van der Waals surface area contributed by atoms with Gasteiger partial charge < -0.3 is 10.6 Å². The van der Waals surface area contributed by atoms with Crippen LogP contribution in [0.2, 0.25) is 0 Å². The van der Waals surface area contributed by atoms with Gasteiger partial charge in [0.05, 0.1) is 0 Å². The molecule has 2 rings (SSSR count). The van der Waals surface area contributed by atoms with Gasteiger partial charge in [0.15, 0.2) is 0 Å². The van der Waals surface area contributed by atoms with Crippen LogP contribution < -0.4 is 10.6 Å². The van der Waals surface area contributed by atoms with Gasteiger partial charge in [0.1, 0.15) is 11.1 Å². The van der Waals surface area contributed by atoms with Crippen molar-refractivity contribution in [1.82, 2.24) is 10.6 Å². The second-order valence-corrected chi connectivity index (χ2v) is 4.99. The summed E-state index contributed by atoms with van der Waals surface area (Å²) in [6.45, 7) is 3.88. The van der Waals surface area contributed by atoms with E-state index in [0.717, 1.165) is 25.7 Å². The third kappa shape index (κ3) is 1.43. The minimum Gasteiger partial charge on any atom is -0.340 e. The van der Waals surface area contributed by atoms with Crippen LogP contribution in [0.5, 0.6) is 0 Å². The van der Waals surface area contributed by atoms with E-state index in [1.807, 2.05) is 13.8 Å². The summed E-state index contributed by atoms with van der Waals surface area (Å²) in [6.07, 6.45) is 4.92. The Morgan fingerprint density at radius 2 is 1.56 bits per heavy atom. The number of carbonyl (C=O) groups is 2. The molecule has 1 aliphatic carbocycles. The summed E-state index contributed by atoms with van der Waals surface area (Å²) in [5.41, 5.74) is -1.27. The number of amides is 2. The Morgan fingerprint density at radius 3 is 2.06 bits per heavy atom. The zero-order valence-electron chi connectivity index (χ0n) is 10.1. The zero-order chi connectivity index (χ0) is 11.8. The van der Waals surface area contributed by atoms with Crippen LogP contribution >= 0.6 is 0 Å². The van der Waals surface area contributed by atoms with E-state index in [1.54, 1.807) is 0 Å². The van der Waals surface area contributed by atoms with Gasteiger partial charge in [0.25, 0.3) is 0 Å². The maximum atomic E-state index is 12.2. The van der Waals surface area contributed by atoms with E-state index in [1.165, 1.54) is 0 Å². The first kappa shape index (κ1) is 11.4. The lowest BCUT2D eigenvalue weighted by atomic mass is 9.83. The lowest BCUT2D eigenvalue weighted by Gasteiger charge is -2.44. The maximum absolute atomic E-state index is 12.2. The van der Waals surface area contributed by atoms with Crippen molar-refractivity contribution in [2.24, 2.45) is 0 Å². The second kappa shape index (κ2) is 3.75. The van der Waals surface area contributed by atoms with Crippen molar-refractivity contribution in [3.63, 3.8) is 0 Å². The molecule has 16 heavy (non-hydrogen) atoms. The molecule has 1 aliphatic heterocycles. The molecule has 1 heterocycles. The fraction of sp³-hybridized carbons (Fsp3) is 0.833.